The van der Waals surface area contributed by atoms with E-state index in [0.717, 1.165) is 19.3 Å². The molecule has 22 heavy (non-hydrogen) atoms. The maximum absolute atomic E-state index is 11.9. The van der Waals surface area contributed by atoms with Crippen LogP contribution in [0.5, 0.6) is 0 Å². The van der Waals surface area contributed by atoms with Crippen LogP contribution < -0.4 is 4.72 Å². The van der Waals surface area contributed by atoms with Gasteiger partial charge >= 0.3 is 0 Å². The topological polar surface area (TPSA) is 46.2 Å². The summed E-state index contributed by atoms with van der Waals surface area (Å²) in [6, 6.07) is 9.72. The maximum atomic E-state index is 11.9. The van der Waals surface area contributed by atoms with Crippen LogP contribution in [-0.2, 0) is 10.0 Å². The van der Waals surface area contributed by atoms with E-state index in [2.05, 4.69) is 17.7 Å². The molecule has 0 aromatic heterocycles. The first-order valence-corrected chi connectivity index (χ1v) is 10.3. The van der Waals surface area contributed by atoms with E-state index in [9.17, 15) is 8.42 Å². The second-order valence-corrected chi connectivity index (χ2v) is 7.73. The van der Waals surface area contributed by atoms with Gasteiger partial charge in [0.2, 0.25) is 10.0 Å². The molecule has 0 spiro atoms. The molecule has 125 valence electrons. The fourth-order valence-corrected chi connectivity index (χ4v) is 3.65. The Morgan fingerprint density at radius 2 is 1.36 bits per heavy atom. The first-order chi connectivity index (χ1) is 10.6. The molecule has 1 radical (unpaired) electrons. The molecule has 0 aliphatic heterocycles. The number of hydrogen-bond acceptors (Lipinski definition) is 2. The molecule has 0 saturated carbocycles. The van der Waals surface area contributed by atoms with Crippen molar-refractivity contribution in [3.8, 4) is 0 Å². The SMILES string of the molecule is CCCCCCCCCCCCS(=O)(=O)Nc1cc[c]cc1. The van der Waals surface area contributed by atoms with Crippen molar-refractivity contribution in [1.29, 1.82) is 0 Å². The summed E-state index contributed by atoms with van der Waals surface area (Å²) in [5.41, 5.74) is 0.617. The lowest BCUT2D eigenvalue weighted by Crippen LogP contribution is -2.16. The van der Waals surface area contributed by atoms with Gasteiger partial charge in [0.15, 0.2) is 0 Å². The van der Waals surface area contributed by atoms with E-state index in [0.29, 0.717) is 5.69 Å². The van der Waals surface area contributed by atoms with Crippen LogP contribution in [0.15, 0.2) is 24.3 Å². The third kappa shape index (κ3) is 9.82. The molecule has 3 nitrogen and oxygen atoms in total. The van der Waals surface area contributed by atoms with Crippen LogP contribution in [-0.4, -0.2) is 14.2 Å². The molecule has 0 heterocycles. The van der Waals surface area contributed by atoms with Gasteiger partial charge in [-0.3, -0.25) is 4.72 Å². The van der Waals surface area contributed by atoms with E-state index in [-0.39, 0.29) is 5.75 Å². The Kier molecular flexibility index (Phi) is 9.96. The van der Waals surface area contributed by atoms with Crippen molar-refractivity contribution in [3.63, 3.8) is 0 Å². The molecule has 1 rings (SSSR count). The summed E-state index contributed by atoms with van der Waals surface area (Å²) in [6.45, 7) is 2.24. The van der Waals surface area contributed by atoms with Gasteiger partial charge in [0.05, 0.1) is 5.75 Å². The largest absolute Gasteiger partial charge is 0.284 e. The van der Waals surface area contributed by atoms with Crippen LogP contribution in [0.4, 0.5) is 5.69 Å². The summed E-state index contributed by atoms with van der Waals surface area (Å²) in [5.74, 6) is 0.210. The van der Waals surface area contributed by atoms with Crippen molar-refractivity contribution in [2.24, 2.45) is 0 Å². The van der Waals surface area contributed by atoms with Gasteiger partial charge in [-0.05, 0) is 24.6 Å². The number of rotatable bonds is 13. The number of benzene rings is 1. The number of nitrogens with one attached hydrogen (secondary N) is 1. The highest BCUT2D eigenvalue weighted by Gasteiger charge is 2.09. The predicted molar refractivity (Wildman–Crippen MR) is 94.5 cm³/mol. The Bertz CT molecular complexity index is 471. The fraction of sp³-hybridized carbons (Fsp3) is 0.667. The van der Waals surface area contributed by atoms with E-state index in [1.807, 2.05) is 0 Å². The highest BCUT2D eigenvalue weighted by Crippen LogP contribution is 2.12. The first kappa shape index (κ1) is 19.0. The van der Waals surface area contributed by atoms with Crippen LogP contribution in [0.25, 0.3) is 0 Å². The molecule has 0 amide bonds. The average Bonchev–Trinajstić information content (AvgIpc) is 2.49. The molecule has 1 aromatic rings. The van der Waals surface area contributed by atoms with Gasteiger partial charge in [0.25, 0.3) is 0 Å². The van der Waals surface area contributed by atoms with Crippen molar-refractivity contribution in [2.45, 2.75) is 71.1 Å². The van der Waals surface area contributed by atoms with Gasteiger partial charge in [0.1, 0.15) is 0 Å². The lowest BCUT2D eigenvalue weighted by Gasteiger charge is -2.07. The standard InChI is InChI=1S/C18H30NO2S/c1-2-3-4-5-6-7-8-9-10-14-17-22(20,21)19-18-15-12-11-13-16-18/h12-13,15-16,19H,2-10,14,17H2,1H3. The molecule has 1 N–H and O–H groups in total. The zero-order valence-electron chi connectivity index (χ0n) is 13.8. The van der Waals surface area contributed by atoms with Crippen LogP contribution in [0.1, 0.15) is 71.1 Å². The Hall–Kier alpha value is -1.03. The summed E-state index contributed by atoms with van der Waals surface area (Å²) >= 11 is 0. The summed E-state index contributed by atoms with van der Waals surface area (Å²) in [4.78, 5) is 0. The third-order valence-electron chi connectivity index (χ3n) is 3.76. The van der Waals surface area contributed by atoms with Crippen LogP contribution in [0, 0.1) is 6.07 Å². The molecular formula is C18H30NO2S. The number of anilines is 1. The molecule has 0 atom stereocenters. The second-order valence-electron chi connectivity index (χ2n) is 5.89. The predicted octanol–water partition coefficient (Wildman–Crippen LogP) is 5.15. The molecular weight excluding hydrogens is 294 g/mol. The monoisotopic (exact) mass is 324 g/mol. The van der Waals surface area contributed by atoms with E-state index in [4.69, 9.17) is 0 Å². The zero-order chi connectivity index (χ0) is 16.1. The van der Waals surface area contributed by atoms with Crippen molar-refractivity contribution in [3.05, 3.63) is 30.3 Å². The van der Waals surface area contributed by atoms with Crippen LogP contribution in [0.2, 0.25) is 0 Å². The minimum absolute atomic E-state index is 0.210. The Morgan fingerprint density at radius 3 is 1.91 bits per heavy atom. The second kappa shape index (κ2) is 11.5. The van der Waals surface area contributed by atoms with Gasteiger partial charge < -0.3 is 0 Å². The fourth-order valence-electron chi connectivity index (χ4n) is 2.47. The summed E-state index contributed by atoms with van der Waals surface area (Å²) in [5, 5.41) is 0. The lowest BCUT2D eigenvalue weighted by atomic mass is 10.1. The molecule has 0 unspecified atom stereocenters. The quantitative estimate of drug-likeness (QED) is 0.510. The zero-order valence-corrected chi connectivity index (χ0v) is 14.6. The van der Waals surface area contributed by atoms with E-state index >= 15 is 0 Å². The molecule has 0 bridgehead atoms. The van der Waals surface area contributed by atoms with Crippen molar-refractivity contribution >= 4 is 15.7 Å². The van der Waals surface area contributed by atoms with Crippen molar-refractivity contribution in [2.75, 3.05) is 10.5 Å². The highest BCUT2D eigenvalue weighted by molar-refractivity contribution is 7.92. The number of unbranched alkanes of at least 4 members (excludes halogenated alkanes) is 9. The Balaban J connectivity index is 2.02. The average molecular weight is 325 g/mol. The van der Waals surface area contributed by atoms with Crippen molar-refractivity contribution in [1.82, 2.24) is 0 Å². The normalized spacial score (nSPS) is 11.5. The highest BCUT2D eigenvalue weighted by atomic mass is 32.2. The van der Waals surface area contributed by atoms with Gasteiger partial charge in [-0.25, -0.2) is 8.42 Å². The molecule has 0 aliphatic carbocycles. The Morgan fingerprint density at radius 1 is 0.864 bits per heavy atom. The van der Waals surface area contributed by atoms with Gasteiger partial charge in [0, 0.05) is 5.69 Å². The summed E-state index contributed by atoms with van der Waals surface area (Å²) in [7, 11) is -3.21. The third-order valence-corrected chi connectivity index (χ3v) is 5.13. The molecule has 0 fully saturated rings. The van der Waals surface area contributed by atoms with Crippen molar-refractivity contribution < 1.29 is 8.42 Å². The van der Waals surface area contributed by atoms with Crippen LogP contribution in [0.3, 0.4) is 0 Å². The smallest absolute Gasteiger partial charge is 0.232 e. The lowest BCUT2D eigenvalue weighted by molar-refractivity contribution is 0.558. The summed E-state index contributed by atoms with van der Waals surface area (Å²) < 4.78 is 26.4. The van der Waals surface area contributed by atoms with Gasteiger partial charge in [-0.2, -0.15) is 0 Å². The molecule has 0 aliphatic rings. The maximum Gasteiger partial charge on any atom is 0.232 e. The minimum Gasteiger partial charge on any atom is -0.284 e. The molecule has 1 aromatic carbocycles. The summed E-state index contributed by atoms with van der Waals surface area (Å²) in [6.07, 6.45) is 12.1. The van der Waals surface area contributed by atoms with E-state index in [1.165, 1.54) is 44.9 Å². The first-order valence-electron chi connectivity index (χ1n) is 8.60. The molecule has 0 saturated heterocycles. The number of sulfonamides is 1. The minimum atomic E-state index is -3.21. The Labute approximate surface area is 136 Å². The number of hydrogen-bond donors (Lipinski definition) is 1. The van der Waals surface area contributed by atoms with E-state index in [1.54, 1.807) is 24.3 Å². The van der Waals surface area contributed by atoms with Crippen LogP contribution >= 0.6 is 0 Å². The molecule has 4 heteroatoms. The van der Waals surface area contributed by atoms with E-state index < -0.39 is 10.0 Å². The van der Waals surface area contributed by atoms with Gasteiger partial charge in [-0.1, -0.05) is 76.8 Å². The van der Waals surface area contributed by atoms with Gasteiger partial charge in [-0.15, -0.1) is 0 Å².